The Kier molecular flexibility index (Phi) is 15.2. The smallest absolute Gasteiger partial charge is 0.308 e. The van der Waals surface area contributed by atoms with Gasteiger partial charge in [0.05, 0.1) is 41.5 Å². The van der Waals surface area contributed by atoms with E-state index in [1.54, 1.807) is 27.7 Å². The predicted molar refractivity (Wildman–Crippen MR) is 161 cm³/mol. The lowest BCUT2D eigenvalue weighted by Gasteiger charge is -2.44. The number of hydrogen-bond acceptors (Lipinski definition) is 9. The van der Waals surface area contributed by atoms with Gasteiger partial charge in [0.2, 0.25) is 0 Å². The van der Waals surface area contributed by atoms with Crippen molar-refractivity contribution < 1.29 is 39.8 Å². The van der Waals surface area contributed by atoms with E-state index in [1.807, 2.05) is 58.5 Å². The third-order valence-electron chi connectivity index (χ3n) is 9.19. The minimum absolute atomic E-state index is 0.0681. The van der Waals surface area contributed by atoms with Crippen molar-refractivity contribution in [2.24, 2.45) is 17.8 Å². The highest BCUT2D eigenvalue weighted by Crippen LogP contribution is 2.33. The van der Waals surface area contributed by atoms with Crippen LogP contribution in [0.4, 0.5) is 0 Å². The summed E-state index contributed by atoms with van der Waals surface area (Å²) in [5, 5.41) is 53.4. The molecule has 0 aromatic rings. The highest BCUT2D eigenvalue weighted by Gasteiger charge is 2.42. The molecule has 1 rings (SSSR count). The molecule has 0 amide bonds. The average molecular weight is 591 g/mol. The van der Waals surface area contributed by atoms with E-state index in [-0.39, 0.29) is 23.9 Å². The Hall–Kier alpha value is -0.850. The molecule has 1 fully saturated rings. The quantitative estimate of drug-likeness (QED) is 0.162. The van der Waals surface area contributed by atoms with Crippen molar-refractivity contribution in [2.45, 2.75) is 148 Å². The Morgan fingerprint density at radius 2 is 1.68 bits per heavy atom. The molecular formula is C31H62N2O8. The minimum Gasteiger partial charge on any atom is -0.481 e. The third-order valence-corrected chi connectivity index (χ3v) is 9.19. The van der Waals surface area contributed by atoms with Crippen LogP contribution >= 0.6 is 0 Å². The maximum atomic E-state index is 12.0. The van der Waals surface area contributed by atoms with Gasteiger partial charge in [0, 0.05) is 25.0 Å². The molecule has 41 heavy (non-hydrogen) atoms. The Bertz CT molecular complexity index is 781. The van der Waals surface area contributed by atoms with Gasteiger partial charge in [-0.25, -0.2) is 0 Å². The Labute approximate surface area is 249 Å². The van der Waals surface area contributed by atoms with Gasteiger partial charge in [0.1, 0.15) is 0 Å². The topological polar surface area (TPSA) is 143 Å². The van der Waals surface area contributed by atoms with Crippen LogP contribution in [0.2, 0.25) is 0 Å². The van der Waals surface area contributed by atoms with E-state index in [0.29, 0.717) is 32.2 Å². The summed E-state index contributed by atoms with van der Waals surface area (Å²) in [6.45, 7) is 18.0. The van der Waals surface area contributed by atoms with Crippen LogP contribution in [0.1, 0.15) is 94.4 Å². The number of nitrogens with zero attached hydrogens (tertiary/aromatic N) is 2. The van der Waals surface area contributed by atoms with E-state index in [1.165, 1.54) is 0 Å². The first-order valence-electron chi connectivity index (χ1n) is 15.5. The van der Waals surface area contributed by atoms with Gasteiger partial charge in [-0.05, 0) is 86.4 Å². The largest absolute Gasteiger partial charge is 0.481 e. The summed E-state index contributed by atoms with van der Waals surface area (Å²) in [4.78, 5) is 16.1. The summed E-state index contributed by atoms with van der Waals surface area (Å²) in [5.74, 6) is -2.03. The Morgan fingerprint density at radius 3 is 2.20 bits per heavy atom. The van der Waals surface area contributed by atoms with Crippen molar-refractivity contribution in [3.05, 3.63) is 0 Å². The van der Waals surface area contributed by atoms with Crippen LogP contribution in [-0.4, -0.2) is 122 Å². The van der Waals surface area contributed by atoms with Crippen molar-refractivity contribution in [1.29, 1.82) is 0 Å². The van der Waals surface area contributed by atoms with Crippen molar-refractivity contribution >= 4 is 5.97 Å². The standard InChI is InChI=1S/C31H62N2O8/c1-12-14-31(9,39)28(35)22(6)33(11)18-19(3)16-30(8,38)17-20(4)27(21(5)29(36)37)41-25-15-24(32(10)13-2)26(34)23(7)40-25/h19-28,34-35,38-39H,12-18H2,1-11H3,(H,36,37)/t19-,20-,21-,22-,23?,24?,25+,26-,27?,28-,30-,31-/m1/s1. The number of rotatable bonds is 18. The van der Waals surface area contributed by atoms with Crippen LogP contribution in [0.5, 0.6) is 0 Å². The fourth-order valence-electron chi connectivity index (χ4n) is 6.63. The summed E-state index contributed by atoms with van der Waals surface area (Å²) in [6, 6.07) is -0.443. The van der Waals surface area contributed by atoms with Crippen molar-refractivity contribution in [3.8, 4) is 0 Å². The van der Waals surface area contributed by atoms with Gasteiger partial charge in [0.25, 0.3) is 0 Å². The molecule has 3 unspecified atom stereocenters. The van der Waals surface area contributed by atoms with Crippen LogP contribution in [0.3, 0.4) is 0 Å². The maximum Gasteiger partial charge on any atom is 0.308 e. The third kappa shape index (κ3) is 11.3. The van der Waals surface area contributed by atoms with E-state index >= 15 is 0 Å². The molecule has 0 spiro atoms. The molecular weight excluding hydrogens is 528 g/mol. The number of aliphatic carboxylic acids is 1. The van der Waals surface area contributed by atoms with E-state index in [4.69, 9.17) is 9.47 Å². The number of aliphatic hydroxyl groups is 4. The summed E-state index contributed by atoms with van der Waals surface area (Å²) in [7, 11) is 3.85. The second-order valence-electron chi connectivity index (χ2n) is 13.6. The molecule has 0 saturated carbocycles. The molecule has 244 valence electrons. The summed E-state index contributed by atoms with van der Waals surface area (Å²) in [5.41, 5.74) is -2.26. The van der Waals surface area contributed by atoms with E-state index in [2.05, 4.69) is 0 Å². The van der Waals surface area contributed by atoms with E-state index in [0.717, 1.165) is 13.0 Å². The van der Waals surface area contributed by atoms with Gasteiger partial charge in [-0.15, -0.1) is 0 Å². The fourth-order valence-corrected chi connectivity index (χ4v) is 6.63. The van der Waals surface area contributed by atoms with Crippen molar-refractivity contribution in [2.75, 3.05) is 27.2 Å². The van der Waals surface area contributed by atoms with Crippen molar-refractivity contribution in [3.63, 3.8) is 0 Å². The van der Waals surface area contributed by atoms with Gasteiger partial charge in [0.15, 0.2) is 6.29 Å². The molecule has 0 aromatic carbocycles. The lowest BCUT2D eigenvalue weighted by atomic mass is 9.80. The predicted octanol–water partition coefficient (Wildman–Crippen LogP) is 2.94. The van der Waals surface area contributed by atoms with Crippen LogP contribution in [0, 0.1) is 17.8 Å². The number of carboxylic acids is 1. The van der Waals surface area contributed by atoms with Gasteiger partial charge in [-0.1, -0.05) is 34.1 Å². The van der Waals surface area contributed by atoms with Gasteiger partial charge < -0.3 is 44.8 Å². The first kappa shape index (κ1) is 38.2. The molecule has 5 N–H and O–H groups in total. The molecule has 10 nitrogen and oxygen atoms in total. The second kappa shape index (κ2) is 16.3. The number of likely N-dealkylation sites (N-methyl/N-ethyl adjacent to an activating group) is 2. The number of carboxylic acid groups (broad SMARTS) is 1. The van der Waals surface area contributed by atoms with E-state index in [9.17, 15) is 30.3 Å². The molecule has 1 aliphatic rings. The molecule has 1 heterocycles. The Balaban J connectivity index is 2.91. The number of hydrogen-bond donors (Lipinski definition) is 5. The highest BCUT2D eigenvalue weighted by atomic mass is 16.7. The molecule has 10 heteroatoms. The molecule has 0 aliphatic carbocycles. The molecule has 1 saturated heterocycles. The monoisotopic (exact) mass is 590 g/mol. The molecule has 0 aromatic heterocycles. The first-order valence-corrected chi connectivity index (χ1v) is 15.5. The fraction of sp³-hybridized carbons (Fsp3) is 0.968. The zero-order valence-corrected chi connectivity index (χ0v) is 27.6. The number of ether oxygens (including phenoxy) is 2. The molecule has 0 bridgehead atoms. The van der Waals surface area contributed by atoms with Gasteiger partial charge in [-0.2, -0.15) is 0 Å². The van der Waals surface area contributed by atoms with Crippen LogP contribution in [0.25, 0.3) is 0 Å². The maximum absolute atomic E-state index is 12.0. The van der Waals surface area contributed by atoms with Crippen LogP contribution in [0.15, 0.2) is 0 Å². The molecule has 12 atom stereocenters. The van der Waals surface area contributed by atoms with Gasteiger partial charge in [-0.3, -0.25) is 4.79 Å². The number of aliphatic hydroxyl groups excluding tert-OH is 2. The summed E-state index contributed by atoms with van der Waals surface area (Å²) >= 11 is 0. The zero-order chi connectivity index (χ0) is 31.9. The SMILES string of the molecule is CCC[C@@](C)(O)[C@H](O)[C@@H](C)N(C)C[C@H](C)C[C@@](C)(O)C[C@@H](C)C(O[C@H]1CC(N(C)CC)[C@H](O)C(C)O1)[C@@H](C)C(=O)O. The molecule has 1 aliphatic heterocycles. The lowest BCUT2D eigenvalue weighted by molar-refractivity contribution is -0.262. The lowest BCUT2D eigenvalue weighted by Crippen LogP contribution is -2.55. The van der Waals surface area contributed by atoms with Crippen molar-refractivity contribution in [1.82, 2.24) is 9.80 Å². The summed E-state index contributed by atoms with van der Waals surface area (Å²) < 4.78 is 12.3. The highest BCUT2D eigenvalue weighted by molar-refractivity contribution is 5.70. The minimum atomic E-state index is -1.17. The summed E-state index contributed by atoms with van der Waals surface area (Å²) in [6.07, 6.45) is -0.914. The zero-order valence-electron chi connectivity index (χ0n) is 27.6. The first-order chi connectivity index (χ1) is 18.8. The average Bonchev–Trinajstić information content (AvgIpc) is 2.86. The second-order valence-corrected chi connectivity index (χ2v) is 13.6. The normalized spacial score (nSPS) is 29.3. The number of carbonyl (C=O) groups is 1. The van der Waals surface area contributed by atoms with Crippen LogP contribution in [-0.2, 0) is 14.3 Å². The van der Waals surface area contributed by atoms with E-state index < -0.39 is 53.8 Å². The molecule has 0 radical (unpaired) electrons. The van der Waals surface area contributed by atoms with Crippen LogP contribution < -0.4 is 0 Å². The van der Waals surface area contributed by atoms with Gasteiger partial charge >= 0.3 is 5.97 Å². The Morgan fingerprint density at radius 1 is 1.10 bits per heavy atom.